The number of hydrogen-bond acceptors (Lipinski definition) is 4. The lowest BCUT2D eigenvalue weighted by atomic mass is 9.98. The van der Waals surface area contributed by atoms with Gasteiger partial charge in [0.2, 0.25) is 0 Å². The zero-order chi connectivity index (χ0) is 17.8. The predicted octanol–water partition coefficient (Wildman–Crippen LogP) is 2.75. The number of nitrogens with two attached hydrogens (primary N) is 1. The summed E-state index contributed by atoms with van der Waals surface area (Å²) in [4.78, 5) is 24.3. The second-order valence-corrected chi connectivity index (χ2v) is 6.36. The number of nitrogens with one attached hydrogen (secondary N) is 1. The molecular formula is C20H22N2O3. The molecule has 5 heteroatoms. The first-order valence-electron chi connectivity index (χ1n) is 8.42. The Morgan fingerprint density at radius 1 is 1.08 bits per heavy atom. The highest BCUT2D eigenvalue weighted by molar-refractivity contribution is 5.98. The molecule has 0 unspecified atom stereocenters. The fourth-order valence-corrected chi connectivity index (χ4v) is 3.24. The monoisotopic (exact) mass is 338 g/mol. The third kappa shape index (κ3) is 3.88. The summed E-state index contributed by atoms with van der Waals surface area (Å²) >= 11 is 0. The summed E-state index contributed by atoms with van der Waals surface area (Å²) in [6, 6.07) is 14.8. The molecule has 2 atom stereocenters. The minimum atomic E-state index is -0.380. The van der Waals surface area contributed by atoms with Crippen LogP contribution in [0.1, 0.15) is 40.0 Å². The summed E-state index contributed by atoms with van der Waals surface area (Å²) in [7, 11) is 1.36. The Morgan fingerprint density at radius 2 is 1.80 bits per heavy atom. The van der Waals surface area contributed by atoms with Gasteiger partial charge in [0.15, 0.2) is 0 Å². The molecule has 0 spiro atoms. The molecule has 1 aliphatic rings. The molecule has 1 saturated carbocycles. The van der Waals surface area contributed by atoms with Gasteiger partial charge in [-0.25, -0.2) is 4.79 Å². The molecule has 0 aliphatic heterocycles. The van der Waals surface area contributed by atoms with Gasteiger partial charge in [-0.05, 0) is 48.6 Å². The Labute approximate surface area is 147 Å². The first-order valence-corrected chi connectivity index (χ1v) is 8.42. The standard InChI is InChI=1S/C20H22N2O3/c1-25-20(24)18-5-3-2-4-17(18)13-6-8-14(9-7-13)19(23)22-16-11-10-15(21)12-16/h2-9,15-16H,10-12,21H2,1H3,(H,22,23)/t15-,16+/m1/s1. The molecule has 130 valence electrons. The lowest BCUT2D eigenvalue weighted by Gasteiger charge is -2.13. The lowest BCUT2D eigenvalue weighted by Crippen LogP contribution is -2.33. The number of carbonyl (C=O) groups excluding carboxylic acids is 2. The van der Waals surface area contributed by atoms with E-state index in [1.807, 2.05) is 24.3 Å². The van der Waals surface area contributed by atoms with Crippen LogP contribution in [0.25, 0.3) is 11.1 Å². The summed E-state index contributed by atoms with van der Waals surface area (Å²) in [5.74, 6) is -0.470. The van der Waals surface area contributed by atoms with Crippen LogP contribution >= 0.6 is 0 Å². The third-order valence-corrected chi connectivity index (χ3v) is 4.60. The Balaban J connectivity index is 1.77. The van der Waals surface area contributed by atoms with Crippen LogP contribution < -0.4 is 11.1 Å². The van der Waals surface area contributed by atoms with E-state index in [0.717, 1.165) is 30.4 Å². The SMILES string of the molecule is COC(=O)c1ccccc1-c1ccc(C(=O)N[C@H]2CC[C@@H](N)C2)cc1. The van der Waals surface area contributed by atoms with Crippen molar-refractivity contribution < 1.29 is 14.3 Å². The maximum absolute atomic E-state index is 12.4. The van der Waals surface area contributed by atoms with Crippen LogP contribution in [0.3, 0.4) is 0 Å². The highest BCUT2D eigenvalue weighted by Gasteiger charge is 2.23. The van der Waals surface area contributed by atoms with Crippen molar-refractivity contribution in [3.8, 4) is 11.1 Å². The summed E-state index contributed by atoms with van der Waals surface area (Å²) in [5, 5.41) is 3.03. The number of esters is 1. The zero-order valence-electron chi connectivity index (χ0n) is 14.2. The molecule has 1 aliphatic carbocycles. The molecule has 1 fully saturated rings. The van der Waals surface area contributed by atoms with Crippen LogP contribution in [0.2, 0.25) is 0 Å². The number of rotatable bonds is 4. The van der Waals surface area contributed by atoms with Crippen molar-refractivity contribution in [1.29, 1.82) is 0 Å². The zero-order valence-corrected chi connectivity index (χ0v) is 14.2. The Kier molecular flexibility index (Phi) is 5.14. The van der Waals surface area contributed by atoms with Crippen LogP contribution in [0.4, 0.5) is 0 Å². The van der Waals surface area contributed by atoms with Gasteiger partial charge in [0.05, 0.1) is 12.7 Å². The van der Waals surface area contributed by atoms with Gasteiger partial charge < -0.3 is 15.8 Å². The average Bonchev–Trinajstić information content (AvgIpc) is 3.06. The minimum Gasteiger partial charge on any atom is -0.465 e. The van der Waals surface area contributed by atoms with Gasteiger partial charge in [0, 0.05) is 17.6 Å². The van der Waals surface area contributed by atoms with E-state index in [1.165, 1.54) is 7.11 Å². The second-order valence-electron chi connectivity index (χ2n) is 6.36. The minimum absolute atomic E-state index is 0.0908. The third-order valence-electron chi connectivity index (χ3n) is 4.60. The largest absolute Gasteiger partial charge is 0.465 e. The van der Waals surface area contributed by atoms with Crippen molar-refractivity contribution in [3.05, 3.63) is 59.7 Å². The van der Waals surface area contributed by atoms with Crippen LogP contribution in [-0.2, 0) is 4.74 Å². The lowest BCUT2D eigenvalue weighted by molar-refractivity contribution is 0.0601. The van der Waals surface area contributed by atoms with E-state index in [4.69, 9.17) is 10.5 Å². The van der Waals surface area contributed by atoms with E-state index in [-0.39, 0.29) is 24.0 Å². The van der Waals surface area contributed by atoms with Crippen LogP contribution in [0.5, 0.6) is 0 Å². The normalized spacial score (nSPS) is 19.4. The molecule has 0 heterocycles. The van der Waals surface area contributed by atoms with E-state index < -0.39 is 0 Å². The Morgan fingerprint density at radius 3 is 2.44 bits per heavy atom. The summed E-state index contributed by atoms with van der Waals surface area (Å²) in [6.07, 6.45) is 2.71. The molecule has 3 N–H and O–H groups in total. The number of hydrogen-bond donors (Lipinski definition) is 2. The Hall–Kier alpha value is -2.66. The Bertz CT molecular complexity index is 771. The molecule has 1 amide bonds. The maximum Gasteiger partial charge on any atom is 0.338 e. The van der Waals surface area contributed by atoms with E-state index in [1.54, 1.807) is 24.3 Å². The quantitative estimate of drug-likeness (QED) is 0.840. The summed E-state index contributed by atoms with van der Waals surface area (Å²) < 4.78 is 4.83. The van der Waals surface area contributed by atoms with E-state index in [0.29, 0.717) is 11.1 Å². The molecule has 25 heavy (non-hydrogen) atoms. The van der Waals surface area contributed by atoms with E-state index >= 15 is 0 Å². The molecule has 5 nitrogen and oxygen atoms in total. The fraction of sp³-hybridized carbons (Fsp3) is 0.300. The van der Waals surface area contributed by atoms with Crippen LogP contribution in [-0.4, -0.2) is 31.1 Å². The van der Waals surface area contributed by atoms with Crippen LogP contribution in [0.15, 0.2) is 48.5 Å². The number of benzene rings is 2. The fourth-order valence-electron chi connectivity index (χ4n) is 3.24. The number of carbonyl (C=O) groups is 2. The topological polar surface area (TPSA) is 81.4 Å². The molecule has 0 aromatic heterocycles. The van der Waals surface area contributed by atoms with Crippen molar-refractivity contribution in [2.24, 2.45) is 5.73 Å². The maximum atomic E-state index is 12.4. The smallest absolute Gasteiger partial charge is 0.338 e. The van der Waals surface area contributed by atoms with Gasteiger partial charge in [0.25, 0.3) is 5.91 Å². The van der Waals surface area contributed by atoms with Crippen LogP contribution in [0, 0.1) is 0 Å². The van der Waals surface area contributed by atoms with Gasteiger partial charge in [-0.2, -0.15) is 0 Å². The summed E-state index contributed by atoms with van der Waals surface area (Å²) in [6.45, 7) is 0. The van der Waals surface area contributed by atoms with Crippen molar-refractivity contribution in [1.82, 2.24) is 5.32 Å². The molecule has 3 rings (SSSR count). The van der Waals surface area contributed by atoms with Crippen molar-refractivity contribution in [2.75, 3.05) is 7.11 Å². The first kappa shape index (κ1) is 17.2. The highest BCUT2D eigenvalue weighted by Crippen LogP contribution is 2.25. The predicted molar refractivity (Wildman–Crippen MR) is 96.3 cm³/mol. The van der Waals surface area contributed by atoms with Gasteiger partial charge in [0.1, 0.15) is 0 Å². The molecule has 2 aromatic carbocycles. The van der Waals surface area contributed by atoms with Gasteiger partial charge in [-0.15, -0.1) is 0 Å². The first-order chi connectivity index (χ1) is 12.1. The summed E-state index contributed by atoms with van der Waals surface area (Å²) in [5.41, 5.74) is 8.63. The van der Waals surface area contributed by atoms with E-state index in [9.17, 15) is 9.59 Å². The van der Waals surface area contributed by atoms with Crippen molar-refractivity contribution >= 4 is 11.9 Å². The molecular weight excluding hydrogens is 316 g/mol. The van der Waals surface area contributed by atoms with Gasteiger partial charge in [-0.3, -0.25) is 4.79 Å². The van der Waals surface area contributed by atoms with Crippen molar-refractivity contribution in [2.45, 2.75) is 31.3 Å². The van der Waals surface area contributed by atoms with E-state index in [2.05, 4.69) is 5.32 Å². The molecule has 0 bridgehead atoms. The number of ether oxygens (including phenoxy) is 1. The second kappa shape index (κ2) is 7.49. The molecule has 0 saturated heterocycles. The molecule has 0 radical (unpaired) electrons. The molecule has 2 aromatic rings. The highest BCUT2D eigenvalue weighted by atomic mass is 16.5. The number of methoxy groups -OCH3 is 1. The van der Waals surface area contributed by atoms with Crippen molar-refractivity contribution in [3.63, 3.8) is 0 Å². The van der Waals surface area contributed by atoms with Gasteiger partial charge >= 0.3 is 5.97 Å². The van der Waals surface area contributed by atoms with Gasteiger partial charge in [-0.1, -0.05) is 30.3 Å². The number of amides is 1. The average molecular weight is 338 g/mol.